The molecular weight excluding hydrogens is 360 g/mol. The Morgan fingerprint density at radius 2 is 0.964 bits per heavy atom. The van der Waals surface area contributed by atoms with Gasteiger partial charge in [-0.1, -0.05) is 0 Å². The third-order valence-electron chi connectivity index (χ3n) is 4.09. The Kier molecular flexibility index (Phi) is 7.35. The van der Waals surface area contributed by atoms with Crippen molar-refractivity contribution >= 4 is 0 Å². The fraction of sp³-hybridized carbons (Fsp3) is 0.526. The normalized spacial score (nSPS) is 11.6. The van der Waals surface area contributed by atoms with Crippen LogP contribution in [0.1, 0.15) is 43.8 Å². The van der Waals surface area contributed by atoms with Crippen molar-refractivity contribution in [2.24, 2.45) is 0 Å². The van der Waals surface area contributed by atoms with Crippen LogP contribution >= 0.6 is 0 Å². The first kappa shape index (κ1) is 20.2. The Morgan fingerprint density at radius 1 is 0.643 bits per heavy atom. The van der Waals surface area contributed by atoms with Crippen molar-refractivity contribution in [3.8, 4) is 0 Å². The van der Waals surface area contributed by atoms with Crippen LogP contribution < -0.4 is 0 Å². The zero-order valence-electron chi connectivity index (χ0n) is 16.7. The smallest absolute Gasteiger partial charge is 0.238 e. The molecule has 28 heavy (non-hydrogen) atoms. The van der Waals surface area contributed by atoms with Crippen molar-refractivity contribution in [2.45, 2.75) is 46.9 Å². The van der Waals surface area contributed by atoms with Crippen molar-refractivity contribution in [1.82, 2.24) is 29.3 Å². The van der Waals surface area contributed by atoms with E-state index < -0.39 is 0 Å². The zero-order chi connectivity index (χ0) is 19.8. The summed E-state index contributed by atoms with van der Waals surface area (Å²) in [7, 11) is 0. The third kappa shape index (κ3) is 5.06. The molecular formula is C19H28N6O3. The Hall–Kier alpha value is -2.49. The largest absolute Gasteiger partial charge is 0.377 e. The molecule has 9 nitrogen and oxygen atoms in total. The van der Waals surface area contributed by atoms with Crippen LogP contribution in [0.25, 0.3) is 0 Å². The molecule has 0 aromatic carbocycles. The minimum Gasteiger partial charge on any atom is -0.377 e. The van der Waals surface area contributed by atoms with E-state index in [4.69, 9.17) is 14.2 Å². The SMILES string of the molecule is CCOCc1cnn(C(n2cc(COCC)cn2)n2cc(COCC)cn2)c1. The molecule has 3 aromatic heterocycles. The van der Waals surface area contributed by atoms with Crippen LogP contribution in [0.4, 0.5) is 0 Å². The highest BCUT2D eigenvalue weighted by molar-refractivity contribution is 5.08. The molecule has 0 unspecified atom stereocenters. The van der Waals surface area contributed by atoms with Gasteiger partial charge < -0.3 is 14.2 Å². The van der Waals surface area contributed by atoms with Crippen molar-refractivity contribution < 1.29 is 14.2 Å². The minimum absolute atomic E-state index is 0.374. The van der Waals surface area contributed by atoms with Gasteiger partial charge in [-0.15, -0.1) is 0 Å². The van der Waals surface area contributed by atoms with Crippen molar-refractivity contribution in [3.63, 3.8) is 0 Å². The van der Waals surface area contributed by atoms with E-state index in [1.807, 2.05) is 53.4 Å². The molecule has 0 amide bonds. The molecule has 152 valence electrons. The van der Waals surface area contributed by atoms with Crippen LogP contribution in [0.15, 0.2) is 37.2 Å². The molecule has 0 fully saturated rings. The van der Waals surface area contributed by atoms with Gasteiger partial charge in [-0.05, 0) is 20.8 Å². The van der Waals surface area contributed by atoms with Crippen LogP contribution in [-0.2, 0) is 34.0 Å². The summed E-state index contributed by atoms with van der Waals surface area (Å²) >= 11 is 0. The van der Waals surface area contributed by atoms with E-state index in [0.717, 1.165) is 16.7 Å². The number of rotatable bonds is 12. The molecule has 3 aromatic rings. The molecule has 0 bridgehead atoms. The van der Waals surface area contributed by atoms with Crippen LogP contribution in [0.3, 0.4) is 0 Å². The minimum atomic E-state index is -0.374. The van der Waals surface area contributed by atoms with Gasteiger partial charge >= 0.3 is 0 Å². The van der Waals surface area contributed by atoms with Crippen molar-refractivity contribution in [3.05, 3.63) is 53.9 Å². The van der Waals surface area contributed by atoms with Gasteiger partial charge in [0.2, 0.25) is 6.29 Å². The van der Waals surface area contributed by atoms with Gasteiger partial charge in [0, 0.05) is 55.1 Å². The van der Waals surface area contributed by atoms with E-state index in [1.165, 1.54) is 0 Å². The van der Waals surface area contributed by atoms with Gasteiger partial charge in [0.25, 0.3) is 0 Å². The van der Waals surface area contributed by atoms with Crippen LogP contribution in [0.5, 0.6) is 0 Å². The van der Waals surface area contributed by atoms with Gasteiger partial charge in [-0.25, -0.2) is 14.0 Å². The topological polar surface area (TPSA) is 81.2 Å². The summed E-state index contributed by atoms with van der Waals surface area (Å²) in [5.74, 6) is 0. The molecule has 0 aliphatic rings. The Balaban J connectivity index is 1.88. The maximum Gasteiger partial charge on any atom is 0.238 e. The van der Waals surface area contributed by atoms with Gasteiger partial charge in [-0.2, -0.15) is 15.3 Å². The fourth-order valence-corrected chi connectivity index (χ4v) is 2.76. The molecule has 9 heteroatoms. The number of hydrogen-bond donors (Lipinski definition) is 0. The maximum absolute atomic E-state index is 5.49. The standard InChI is InChI=1S/C19H28N6O3/c1-4-26-13-16-7-20-23(10-16)19(24-11-17(8-21-24)14-27-5-2)25-12-18(9-22-25)15-28-6-3/h7-12,19H,4-6,13-15H2,1-3H3. The molecule has 0 atom stereocenters. The van der Waals surface area contributed by atoms with E-state index in [9.17, 15) is 0 Å². The van der Waals surface area contributed by atoms with Crippen LogP contribution in [0, 0.1) is 0 Å². The third-order valence-corrected chi connectivity index (χ3v) is 4.09. The second-order valence-electron chi connectivity index (χ2n) is 6.24. The first-order valence-corrected chi connectivity index (χ1v) is 9.57. The Labute approximate surface area is 164 Å². The number of hydrogen-bond acceptors (Lipinski definition) is 6. The van der Waals surface area contributed by atoms with Crippen molar-refractivity contribution in [1.29, 1.82) is 0 Å². The first-order chi connectivity index (χ1) is 13.7. The average Bonchev–Trinajstić information content (AvgIpc) is 3.46. The molecule has 0 aliphatic heterocycles. The summed E-state index contributed by atoms with van der Waals surface area (Å²) in [6.07, 6.45) is 10.9. The van der Waals surface area contributed by atoms with E-state index in [0.29, 0.717) is 39.6 Å². The lowest BCUT2D eigenvalue weighted by Crippen LogP contribution is -2.27. The zero-order valence-corrected chi connectivity index (χ0v) is 16.7. The second kappa shape index (κ2) is 10.2. The molecule has 0 radical (unpaired) electrons. The molecule has 0 N–H and O–H groups in total. The number of nitrogens with zero attached hydrogens (tertiary/aromatic N) is 6. The van der Waals surface area contributed by atoms with Gasteiger partial charge in [0.05, 0.1) is 38.4 Å². The van der Waals surface area contributed by atoms with E-state index in [2.05, 4.69) is 15.3 Å². The summed E-state index contributed by atoms with van der Waals surface area (Å²) in [5.41, 5.74) is 2.99. The van der Waals surface area contributed by atoms with Crippen molar-refractivity contribution in [2.75, 3.05) is 19.8 Å². The van der Waals surface area contributed by atoms with E-state index in [-0.39, 0.29) is 6.29 Å². The predicted molar refractivity (Wildman–Crippen MR) is 103 cm³/mol. The second-order valence-corrected chi connectivity index (χ2v) is 6.24. The fourth-order valence-electron chi connectivity index (χ4n) is 2.76. The highest BCUT2D eigenvalue weighted by Crippen LogP contribution is 2.16. The highest BCUT2D eigenvalue weighted by Gasteiger charge is 2.19. The first-order valence-electron chi connectivity index (χ1n) is 9.57. The lowest BCUT2D eigenvalue weighted by atomic mass is 10.4. The number of ether oxygens (including phenoxy) is 3. The van der Waals surface area contributed by atoms with Gasteiger partial charge in [0.1, 0.15) is 0 Å². The molecule has 3 rings (SSSR count). The lowest BCUT2D eigenvalue weighted by Gasteiger charge is -2.18. The Bertz CT molecular complexity index is 730. The lowest BCUT2D eigenvalue weighted by molar-refractivity contribution is 0.133. The Morgan fingerprint density at radius 3 is 1.25 bits per heavy atom. The van der Waals surface area contributed by atoms with Gasteiger partial charge in [0.15, 0.2) is 0 Å². The van der Waals surface area contributed by atoms with Crippen LogP contribution in [-0.4, -0.2) is 49.2 Å². The highest BCUT2D eigenvalue weighted by atomic mass is 16.5. The molecule has 0 saturated carbocycles. The van der Waals surface area contributed by atoms with Crippen LogP contribution in [0.2, 0.25) is 0 Å². The van der Waals surface area contributed by atoms with E-state index >= 15 is 0 Å². The van der Waals surface area contributed by atoms with Gasteiger partial charge in [-0.3, -0.25) is 0 Å². The average molecular weight is 388 g/mol. The molecule has 3 heterocycles. The summed E-state index contributed by atoms with van der Waals surface area (Å²) < 4.78 is 21.9. The summed E-state index contributed by atoms with van der Waals surface area (Å²) in [6, 6.07) is 0. The summed E-state index contributed by atoms with van der Waals surface area (Å²) in [4.78, 5) is 0. The molecule has 0 spiro atoms. The summed E-state index contributed by atoms with van der Waals surface area (Å²) in [5, 5.41) is 13.6. The number of aromatic nitrogens is 6. The maximum atomic E-state index is 5.49. The van der Waals surface area contributed by atoms with E-state index in [1.54, 1.807) is 18.6 Å². The summed E-state index contributed by atoms with van der Waals surface area (Å²) in [6.45, 7) is 9.46. The quantitative estimate of drug-likeness (QED) is 0.474. The predicted octanol–water partition coefficient (Wildman–Crippen LogP) is 2.44. The molecule has 0 saturated heterocycles. The molecule has 0 aliphatic carbocycles. The monoisotopic (exact) mass is 388 g/mol.